The van der Waals surface area contributed by atoms with Gasteiger partial charge in [0.1, 0.15) is 17.4 Å². The van der Waals surface area contributed by atoms with Gasteiger partial charge in [-0.2, -0.15) is 0 Å². The minimum absolute atomic E-state index is 0.261. The first-order valence-corrected chi connectivity index (χ1v) is 8.73. The molecule has 1 atom stereocenters. The highest BCUT2D eigenvalue weighted by molar-refractivity contribution is 5.77. The molecular weight excluding hydrogens is 312 g/mol. The summed E-state index contributed by atoms with van der Waals surface area (Å²) in [7, 11) is 1.42. The van der Waals surface area contributed by atoms with E-state index in [1.54, 1.807) is 0 Å². The van der Waals surface area contributed by atoms with E-state index in [-0.39, 0.29) is 5.97 Å². The molecule has 0 aromatic heterocycles. The number of benzene rings is 2. The van der Waals surface area contributed by atoms with Gasteiger partial charge in [-0.1, -0.05) is 67.8 Å². The average Bonchev–Trinajstić information content (AvgIpc) is 2.64. The summed E-state index contributed by atoms with van der Waals surface area (Å²) in [5.41, 5.74) is 2.19. The van der Waals surface area contributed by atoms with E-state index in [4.69, 9.17) is 9.47 Å². The second kappa shape index (κ2) is 9.67. The van der Waals surface area contributed by atoms with E-state index < -0.39 is 5.92 Å². The second-order valence-electron chi connectivity index (χ2n) is 6.09. The normalized spacial score (nSPS) is 12.5. The Labute approximate surface area is 150 Å². The third kappa shape index (κ3) is 5.79. The molecule has 0 saturated heterocycles. The van der Waals surface area contributed by atoms with E-state index >= 15 is 0 Å². The lowest BCUT2D eigenvalue weighted by molar-refractivity contribution is -0.145. The molecule has 0 aliphatic rings. The molecule has 2 rings (SSSR count). The number of methoxy groups -OCH3 is 1. The Balaban J connectivity index is 2.37. The highest BCUT2D eigenvalue weighted by atomic mass is 16.5. The van der Waals surface area contributed by atoms with Gasteiger partial charge in [0.15, 0.2) is 0 Å². The smallest absolute Gasteiger partial charge is 0.316 e. The number of para-hydroxylation sites is 1. The van der Waals surface area contributed by atoms with E-state index in [2.05, 4.69) is 6.92 Å². The van der Waals surface area contributed by atoms with Crippen molar-refractivity contribution in [3.63, 3.8) is 0 Å². The van der Waals surface area contributed by atoms with Crippen LogP contribution in [0, 0.1) is 12.8 Å². The molecule has 132 valence electrons. The number of esters is 1. The van der Waals surface area contributed by atoms with Gasteiger partial charge >= 0.3 is 5.97 Å². The largest absolute Gasteiger partial charge is 0.468 e. The van der Waals surface area contributed by atoms with E-state index in [9.17, 15) is 4.79 Å². The summed E-state index contributed by atoms with van der Waals surface area (Å²) in [6.07, 6.45) is 4.58. The van der Waals surface area contributed by atoms with Crippen LogP contribution in [0.15, 0.2) is 60.4 Å². The number of rotatable bonds is 8. The molecule has 0 radical (unpaired) electrons. The Bertz CT molecular complexity index is 687. The van der Waals surface area contributed by atoms with Gasteiger partial charge in [0.25, 0.3) is 0 Å². The molecule has 3 heteroatoms. The molecule has 0 amide bonds. The monoisotopic (exact) mass is 338 g/mol. The highest BCUT2D eigenvalue weighted by Crippen LogP contribution is 2.26. The summed E-state index contributed by atoms with van der Waals surface area (Å²) in [6.45, 7) is 4.16. The Morgan fingerprint density at radius 3 is 2.36 bits per heavy atom. The van der Waals surface area contributed by atoms with Crippen LogP contribution in [0.4, 0.5) is 0 Å². The van der Waals surface area contributed by atoms with Crippen molar-refractivity contribution in [2.75, 3.05) is 7.11 Å². The maximum atomic E-state index is 12.4. The summed E-state index contributed by atoms with van der Waals surface area (Å²) in [5.74, 6) is 0.663. The van der Waals surface area contributed by atoms with Gasteiger partial charge in [0.2, 0.25) is 0 Å². The van der Waals surface area contributed by atoms with Crippen LogP contribution in [0.2, 0.25) is 0 Å². The molecule has 0 fully saturated rings. The van der Waals surface area contributed by atoms with Crippen LogP contribution in [0.1, 0.15) is 37.3 Å². The number of carbonyl (C=O) groups excluding carboxylic acids is 1. The van der Waals surface area contributed by atoms with Gasteiger partial charge in [-0.25, -0.2) is 0 Å². The molecule has 0 aliphatic heterocycles. The maximum absolute atomic E-state index is 12.4. The van der Waals surface area contributed by atoms with Gasteiger partial charge in [0, 0.05) is 0 Å². The van der Waals surface area contributed by atoms with Crippen LogP contribution in [0.5, 0.6) is 5.75 Å². The molecule has 0 bridgehead atoms. The van der Waals surface area contributed by atoms with Crippen molar-refractivity contribution in [2.24, 2.45) is 5.92 Å². The zero-order chi connectivity index (χ0) is 18.1. The number of hydrogen-bond acceptors (Lipinski definition) is 3. The number of hydrogen-bond donors (Lipinski definition) is 0. The number of carbonyl (C=O) groups is 1. The molecule has 2 aromatic carbocycles. The molecule has 2 aromatic rings. The van der Waals surface area contributed by atoms with E-state index in [0.717, 1.165) is 18.4 Å². The van der Waals surface area contributed by atoms with Crippen molar-refractivity contribution in [3.05, 3.63) is 71.5 Å². The van der Waals surface area contributed by atoms with Gasteiger partial charge in [-0.05, 0) is 37.1 Å². The van der Waals surface area contributed by atoms with Crippen molar-refractivity contribution >= 4 is 12.0 Å². The standard InChI is InChI=1S/C22H26O3/c1-4-5-11-20(22(23)24-3)21(25-19-9-7-6-8-10-19)16-18-14-12-17(2)13-15-18/h6-10,12-16,20H,4-5,11H2,1-3H3/b21-16+. The summed E-state index contributed by atoms with van der Waals surface area (Å²) < 4.78 is 11.1. The van der Waals surface area contributed by atoms with Crippen molar-refractivity contribution < 1.29 is 14.3 Å². The third-order valence-corrected chi connectivity index (χ3v) is 4.04. The molecule has 0 saturated carbocycles. The minimum Gasteiger partial charge on any atom is -0.468 e. The predicted octanol–water partition coefficient (Wildman–Crippen LogP) is 5.39. The van der Waals surface area contributed by atoms with Gasteiger partial charge < -0.3 is 9.47 Å². The van der Waals surface area contributed by atoms with E-state index in [1.165, 1.54) is 12.7 Å². The lowest BCUT2D eigenvalue weighted by Crippen LogP contribution is -2.21. The summed E-state index contributed by atoms with van der Waals surface area (Å²) in [6, 6.07) is 17.7. The second-order valence-corrected chi connectivity index (χ2v) is 6.09. The lowest BCUT2D eigenvalue weighted by atomic mass is 9.98. The average molecular weight is 338 g/mol. The molecule has 25 heavy (non-hydrogen) atoms. The van der Waals surface area contributed by atoms with Gasteiger partial charge in [-0.15, -0.1) is 0 Å². The molecule has 0 spiro atoms. The Hall–Kier alpha value is -2.55. The molecule has 0 heterocycles. The fourth-order valence-electron chi connectivity index (χ4n) is 2.58. The van der Waals surface area contributed by atoms with E-state index in [1.807, 2.05) is 67.6 Å². The van der Waals surface area contributed by atoms with Crippen LogP contribution in [-0.2, 0) is 9.53 Å². The summed E-state index contributed by atoms with van der Waals surface area (Å²) in [4.78, 5) is 12.4. The molecule has 0 aliphatic carbocycles. The molecule has 0 N–H and O–H groups in total. The number of unbranched alkanes of at least 4 members (excludes halogenated alkanes) is 1. The van der Waals surface area contributed by atoms with Crippen LogP contribution in [0.3, 0.4) is 0 Å². The highest BCUT2D eigenvalue weighted by Gasteiger charge is 2.25. The maximum Gasteiger partial charge on any atom is 0.316 e. The summed E-state index contributed by atoms with van der Waals surface area (Å²) in [5, 5.41) is 0. The quantitative estimate of drug-likeness (QED) is 0.478. The van der Waals surface area contributed by atoms with Crippen molar-refractivity contribution in [1.82, 2.24) is 0 Å². The van der Waals surface area contributed by atoms with Crippen molar-refractivity contribution in [3.8, 4) is 5.75 Å². The van der Waals surface area contributed by atoms with Crippen LogP contribution < -0.4 is 4.74 Å². The zero-order valence-electron chi connectivity index (χ0n) is 15.2. The fourth-order valence-corrected chi connectivity index (χ4v) is 2.58. The summed E-state index contributed by atoms with van der Waals surface area (Å²) >= 11 is 0. The lowest BCUT2D eigenvalue weighted by Gasteiger charge is -2.19. The Morgan fingerprint density at radius 1 is 1.08 bits per heavy atom. The first kappa shape index (κ1) is 18.8. The van der Waals surface area contributed by atoms with Crippen LogP contribution in [0.25, 0.3) is 6.08 Å². The molecular formula is C22H26O3. The molecule has 3 nitrogen and oxygen atoms in total. The SMILES string of the molecule is CCCCC(C(=O)OC)/C(=C\c1ccc(C)cc1)Oc1ccccc1. The Kier molecular flexibility index (Phi) is 7.27. The predicted molar refractivity (Wildman–Crippen MR) is 101 cm³/mol. The van der Waals surface area contributed by atoms with Gasteiger partial charge in [-0.3, -0.25) is 4.79 Å². The van der Waals surface area contributed by atoms with Crippen LogP contribution in [-0.4, -0.2) is 13.1 Å². The topological polar surface area (TPSA) is 35.5 Å². The van der Waals surface area contributed by atoms with Crippen LogP contribution >= 0.6 is 0 Å². The zero-order valence-corrected chi connectivity index (χ0v) is 15.2. The number of aryl methyl sites for hydroxylation is 1. The minimum atomic E-state index is -0.411. The molecule has 1 unspecified atom stereocenters. The number of ether oxygens (including phenoxy) is 2. The van der Waals surface area contributed by atoms with Gasteiger partial charge in [0.05, 0.1) is 7.11 Å². The first-order valence-electron chi connectivity index (χ1n) is 8.73. The fraction of sp³-hybridized carbons (Fsp3) is 0.318. The van der Waals surface area contributed by atoms with Crippen molar-refractivity contribution in [1.29, 1.82) is 0 Å². The Morgan fingerprint density at radius 2 is 1.76 bits per heavy atom. The first-order chi connectivity index (χ1) is 12.1. The van der Waals surface area contributed by atoms with E-state index in [0.29, 0.717) is 17.9 Å². The third-order valence-electron chi connectivity index (χ3n) is 4.04. The van der Waals surface area contributed by atoms with Crippen molar-refractivity contribution in [2.45, 2.75) is 33.1 Å².